The average Bonchev–Trinajstić information content (AvgIpc) is 2.37. The number of H-pyrrole nitrogens is 1. The van der Waals surface area contributed by atoms with E-state index >= 15 is 0 Å². The van der Waals surface area contributed by atoms with Gasteiger partial charge >= 0.3 is 0 Å². The Morgan fingerprint density at radius 2 is 1.76 bits per heavy atom. The Bertz CT molecular complexity index is 564. The summed E-state index contributed by atoms with van der Waals surface area (Å²) in [6.07, 6.45) is 6.66. The summed E-state index contributed by atoms with van der Waals surface area (Å²) in [5.74, 6) is 0. The molecule has 2 aromatic rings. The van der Waals surface area contributed by atoms with Crippen LogP contribution in [0.5, 0.6) is 0 Å². The Morgan fingerprint density at radius 3 is 2.41 bits per heavy atom. The van der Waals surface area contributed by atoms with E-state index in [0.717, 1.165) is 17.5 Å². The lowest BCUT2D eigenvalue weighted by Crippen LogP contribution is -2.01. The SMILES string of the molecule is CCc1ccc(/C=C/c2cc[nH]c(=O)c2)cc1. The topological polar surface area (TPSA) is 32.9 Å². The lowest BCUT2D eigenvalue weighted by molar-refractivity contribution is 1.14. The predicted molar refractivity (Wildman–Crippen MR) is 71.8 cm³/mol. The van der Waals surface area contributed by atoms with Gasteiger partial charge in [0.1, 0.15) is 0 Å². The second-order valence-electron chi connectivity index (χ2n) is 3.91. The van der Waals surface area contributed by atoms with Gasteiger partial charge in [0, 0.05) is 12.3 Å². The van der Waals surface area contributed by atoms with E-state index in [4.69, 9.17) is 0 Å². The molecule has 0 aliphatic heterocycles. The van der Waals surface area contributed by atoms with Crippen LogP contribution in [0.1, 0.15) is 23.6 Å². The van der Waals surface area contributed by atoms with E-state index in [1.165, 1.54) is 5.56 Å². The van der Waals surface area contributed by atoms with E-state index in [1.54, 1.807) is 12.3 Å². The zero-order valence-corrected chi connectivity index (χ0v) is 9.81. The molecule has 0 amide bonds. The number of nitrogens with one attached hydrogen (secondary N) is 1. The number of pyridine rings is 1. The zero-order valence-electron chi connectivity index (χ0n) is 9.81. The van der Waals surface area contributed by atoms with Gasteiger partial charge in [0.15, 0.2) is 0 Å². The molecule has 0 atom stereocenters. The van der Waals surface area contributed by atoms with Crippen molar-refractivity contribution in [2.45, 2.75) is 13.3 Å². The Kier molecular flexibility index (Phi) is 3.55. The molecule has 2 heteroatoms. The predicted octanol–water partition coefficient (Wildman–Crippen LogP) is 3.11. The third-order valence-corrected chi connectivity index (χ3v) is 2.66. The first-order chi connectivity index (χ1) is 8.28. The molecule has 0 saturated carbocycles. The van der Waals surface area contributed by atoms with Crippen LogP contribution in [0.15, 0.2) is 47.4 Å². The highest BCUT2D eigenvalue weighted by Gasteiger charge is 1.90. The smallest absolute Gasteiger partial charge is 0.248 e. The van der Waals surface area contributed by atoms with Gasteiger partial charge in [-0.25, -0.2) is 0 Å². The zero-order chi connectivity index (χ0) is 12.1. The summed E-state index contributed by atoms with van der Waals surface area (Å²) in [6, 6.07) is 11.9. The minimum atomic E-state index is -0.0755. The molecule has 17 heavy (non-hydrogen) atoms. The van der Waals surface area contributed by atoms with Crippen LogP contribution >= 0.6 is 0 Å². The minimum Gasteiger partial charge on any atom is -0.329 e. The van der Waals surface area contributed by atoms with Crippen molar-refractivity contribution < 1.29 is 0 Å². The first kappa shape index (κ1) is 11.4. The summed E-state index contributed by atoms with van der Waals surface area (Å²) in [7, 11) is 0. The van der Waals surface area contributed by atoms with Gasteiger partial charge in [-0.2, -0.15) is 0 Å². The quantitative estimate of drug-likeness (QED) is 0.855. The van der Waals surface area contributed by atoms with Crippen LogP contribution in [0.4, 0.5) is 0 Å². The van der Waals surface area contributed by atoms with Gasteiger partial charge < -0.3 is 4.98 Å². The largest absolute Gasteiger partial charge is 0.329 e. The molecule has 1 aromatic heterocycles. The summed E-state index contributed by atoms with van der Waals surface area (Å²) in [5.41, 5.74) is 3.31. The molecule has 0 fully saturated rings. The highest BCUT2D eigenvalue weighted by atomic mass is 16.1. The first-order valence-electron chi connectivity index (χ1n) is 5.73. The third kappa shape index (κ3) is 3.18. The van der Waals surface area contributed by atoms with Crippen LogP contribution in [0.25, 0.3) is 12.2 Å². The molecule has 0 aliphatic carbocycles. The summed E-state index contributed by atoms with van der Waals surface area (Å²) in [4.78, 5) is 13.7. The van der Waals surface area contributed by atoms with Gasteiger partial charge in [0.2, 0.25) is 5.56 Å². The second-order valence-corrected chi connectivity index (χ2v) is 3.91. The van der Waals surface area contributed by atoms with Crippen LogP contribution in [0.3, 0.4) is 0 Å². The molecule has 2 rings (SSSR count). The number of aryl methyl sites for hydroxylation is 1. The molecule has 0 unspecified atom stereocenters. The van der Waals surface area contributed by atoms with E-state index in [-0.39, 0.29) is 5.56 Å². The van der Waals surface area contributed by atoms with Crippen molar-refractivity contribution in [3.8, 4) is 0 Å². The maximum atomic E-state index is 11.1. The van der Waals surface area contributed by atoms with Gasteiger partial charge in [0.25, 0.3) is 0 Å². The number of hydrogen-bond acceptors (Lipinski definition) is 1. The molecule has 0 bridgehead atoms. The van der Waals surface area contributed by atoms with Gasteiger partial charge in [-0.1, -0.05) is 43.3 Å². The van der Waals surface area contributed by atoms with Crippen molar-refractivity contribution in [3.63, 3.8) is 0 Å². The van der Waals surface area contributed by atoms with Crippen LogP contribution in [0, 0.1) is 0 Å². The Morgan fingerprint density at radius 1 is 1.06 bits per heavy atom. The number of benzene rings is 1. The Balaban J connectivity index is 2.17. The van der Waals surface area contributed by atoms with Crippen molar-refractivity contribution in [2.75, 3.05) is 0 Å². The van der Waals surface area contributed by atoms with Crippen molar-refractivity contribution in [1.82, 2.24) is 4.98 Å². The fraction of sp³-hybridized carbons (Fsp3) is 0.133. The lowest BCUT2D eigenvalue weighted by atomic mass is 10.1. The number of aromatic nitrogens is 1. The highest BCUT2D eigenvalue weighted by molar-refractivity contribution is 5.69. The van der Waals surface area contributed by atoms with Crippen LogP contribution in [0.2, 0.25) is 0 Å². The minimum absolute atomic E-state index is 0.0755. The second kappa shape index (κ2) is 5.30. The molecule has 2 nitrogen and oxygen atoms in total. The summed E-state index contributed by atoms with van der Waals surface area (Å²) >= 11 is 0. The fourth-order valence-electron chi connectivity index (χ4n) is 1.62. The van der Waals surface area contributed by atoms with Crippen LogP contribution in [-0.4, -0.2) is 4.98 Å². The fourth-order valence-corrected chi connectivity index (χ4v) is 1.62. The standard InChI is InChI=1S/C15H15NO/c1-2-12-3-5-13(6-4-12)7-8-14-9-10-16-15(17)11-14/h3-11H,2H2,1H3,(H,16,17)/b8-7+. The maximum absolute atomic E-state index is 11.1. The van der Waals surface area contributed by atoms with E-state index < -0.39 is 0 Å². The van der Waals surface area contributed by atoms with E-state index in [2.05, 4.69) is 36.2 Å². The van der Waals surface area contributed by atoms with Gasteiger partial charge in [-0.3, -0.25) is 4.79 Å². The summed E-state index contributed by atoms with van der Waals surface area (Å²) < 4.78 is 0. The van der Waals surface area contributed by atoms with Crippen molar-refractivity contribution >= 4 is 12.2 Å². The molecule has 0 saturated heterocycles. The Labute approximate surface area is 101 Å². The monoisotopic (exact) mass is 225 g/mol. The van der Waals surface area contributed by atoms with Gasteiger partial charge in [-0.05, 0) is 29.2 Å². The molecule has 1 heterocycles. The number of rotatable bonds is 3. The maximum Gasteiger partial charge on any atom is 0.248 e. The van der Waals surface area contributed by atoms with Crippen molar-refractivity contribution in [1.29, 1.82) is 0 Å². The van der Waals surface area contributed by atoms with Crippen molar-refractivity contribution in [3.05, 3.63) is 69.6 Å². The molecule has 0 radical (unpaired) electrons. The molecule has 0 aliphatic rings. The van der Waals surface area contributed by atoms with Crippen LogP contribution in [-0.2, 0) is 6.42 Å². The van der Waals surface area contributed by atoms with Crippen LogP contribution < -0.4 is 5.56 Å². The van der Waals surface area contributed by atoms with Gasteiger partial charge in [0.05, 0.1) is 0 Å². The third-order valence-electron chi connectivity index (χ3n) is 2.66. The Hall–Kier alpha value is -2.09. The van der Waals surface area contributed by atoms with E-state index in [1.807, 2.05) is 18.2 Å². The highest BCUT2D eigenvalue weighted by Crippen LogP contribution is 2.09. The van der Waals surface area contributed by atoms with Crippen molar-refractivity contribution in [2.24, 2.45) is 0 Å². The molecular weight excluding hydrogens is 210 g/mol. The average molecular weight is 225 g/mol. The molecule has 1 aromatic carbocycles. The van der Waals surface area contributed by atoms with E-state index in [0.29, 0.717) is 0 Å². The van der Waals surface area contributed by atoms with Gasteiger partial charge in [-0.15, -0.1) is 0 Å². The lowest BCUT2D eigenvalue weighted by Gasteiger charge is -1.97. The molecular formula is C15H15NO. The number of aromatic amines is 1. The normalized spacial score (nSPS) is 10.9. The molecule has 0 spiro atoms. The number of hydrogen-bond donors (Lipinski definition) is 1. The van der Waals surface area contributed by atoms with E-state index in [9.17, 15) is 4.79 Å². The molecule has 86 valence electrons. The summed E-state index contributed by atoms with van der Waals surface area (Å²) in [6.45, 7) is 2.14. The summed E-state index contributed by atoms with van der Waals surface area (Å²) in [5, 5.41) is 0. The molecule has 1 N–H and O–H groups in total. The first-order valence-corrected chi connectivity index (χ1v) is 5.73.